The van der Waals surface area contributed by atoms with E-state index in [-0.39, 0.29) is 5.89 Å². The van der Waals surface area contributed by atoms with E-state index in [1.165, 1.54) is 17.3 Å². The zero-order valence-corrected chi connectivity index (χ0v) is 16.7. The van der Waals surface area contributed by atoms with Gasteiger partial charge in [0.1, 0.15) is 5.69 Å². The molecule has 0 radical (unpaired) electrons. The van der Waals surface area contributed by atoms with Gasteiger partial charge in [0.2, 0.25) is 5.89 Å². The van der Waals surface area contributed by atoms with Crippen LogP contribution in [0.2, 0.25) is 0 Å². The molecule has 4 aromatic rings. The van der Waals surface area contributed by atoms with Crippen LogP contribution < -0.4 is 0 Å². The third-order valence-electron chi connectivity index (χ3n) is 5.27. The fraction of sp³-hybridized carbons (Fsp3) is 0.286. The number of aromatic nitrogens is 6. The van der Waals surface area contributed by atoms with Gasteiger partial charge in [0.15, 0.2) is 0 Å². The largest absolute Gasteiger partial charge is 0.415 e. The Labute approximate surface area is 176 Å². The first kappa shape index (κ1) is 19.4. The summed E-state index contributed by atoms with van der Waals surface area (Å²) in [5.41, 5.74) is 5.77. The number of fused-ring (bicyclic) bond motifs is 1. The summed E-state index contributed by atoms with van der Waals surface area (Å²) in [5.74, 6) is -0.696. The highest BCUT2D eigenvalue weighted by molar-refractivity contribution is 5.60. The smallest absolute Gasteiger partial charge is 0.314 e. The molecule has 158 valence electrons. The summed E-state index contributed by atoms with van der Waals surface area (Å²) in [5, 5.41) is 15.5. The lowest BCUT2D eigenvalue weighted by molar-refractivity contribution is 0.116. The van der Waals surface area contributed by atoms with E-state index in [4.69, 9.17) is 4.42 Å². The Balaban J connectivity index is 1.30. The fourth-order valence-electron chi connectivity index (χ4n) is 3.62. The Morgan fingerprint density at radius 1 is 1.06 bits per heavy atom. The number of pyridine rings is 1. The molecule has 8 nitrogen and oxygen atoms in total. The fourth-order valence-corrected chi connectivity index (χ4v) is 3.62. The highest BCUT2D eigenvalue weighted by Crippen LogP contribution is 2.25. The zero-order chi connectivity index (χ0) is 21.4. The molecule has 1 aliphatic heterocycles. The first-order chi connectivity index (χ1) is 15.0. The third kappa shape index (κ3) is 4.06. The normalized spacial score (nSPS) is 14.2. The van der Waals surface area contributed by atoms with Crippen molar-refractivity contribution in [1.82, 2.24) is 35.1 Å². The molecule has 10 heteroatoms. The van der Waals surface area contributed by atoms with E-state index in [0.29, 0.717) is 12.1 Å². The van der Waals surface area contributed by atoms with Crippen molar-refractivity contribution in [3.8, 4) is 22.7 Å². The highest BCUT2D eigenvalue weighted by Gasteiger charge is 2.17. The molecule has 3 aromatic heterocycles. The average molecular weight is 423 g/mol. The average Bonchev–Trinajstić information content (AvgIpc) is 3.44. The molecular formula is C21H19F2N7O. The van der Waals surface area contributed by atoms with Crippen molar-refractivity contribution in [1.29, 1.82) is 0 Å². The summed E-state index contributed by atoms with van der Waals surface area (Å²) in [7, 11) is 2.13. The molecule has 1 aromatic carbocycles. The Bertz CT molecular complexity index is 1200. The summed E-state index contributed by atoms with van der Waals surface area (Å²) >= 11 is 0. The van der Waals surface area contributed by atoms with Crippen LogP contribution in [0.25, 0.3) is 22.7 Å². The molecule has 0 saturated carbocycles. The number of benzene rings is 1. The molecular weight excluding hydrogens is 404 g/mol. The molecule has 0 bridgehead atoms. The van der Waals surface area contributed by atoms with Gasteiger partial charge in [-0.1, -0.05) is 17.3 Å². The lowest BCUT2D eigenvalue weighted by Crippen LogP contribution is -2.26. The second-order valence-corrected chi connectivity index (χ2v) is 7.56. The molecule has 0 aliphatic carbocycles. The maximum Gasteiger partial charge on any atom is 0.314 e. The molecule has 31 heavy (non-hydrogen) atoms. The summed E-state index contributed by atoms with van der Waals surface area (Å²) in [6, 6.07) is 9.91. The number of hydrogen-bond donors (Lipinski definition) is 0. The lowest BCUT2D eigenvalue weighted by atomic mass is 9.97. The van der Waals surface area contributed by atoms with Crippen LogP contribution in [0.4, 0.5) is 8.78 Å². The van der Waals surface area contributed by atoms with Gasteiger partial charge in [-0.25, -0.2) is 4.68 Å². The molecule has 1 aliphatic rings. The molecule has 0 N–H and O–H groups in total. The van der Waals surface area contributed by atoms with Gasteiger partial charge in [-0.15, -0.1) is 15.3 Å². The van der Waals surface area contributed by atoms with Gasteiger partial charge in [0, 0.05) is 24.8 Å². The predicted molar refractivity (Wildman–Crippen MR) is 107 cm³/mol. The minimum Gasteiger partial charge on any atom is -0.415 e. The van der Waals surface area contributed by atoms with Crippen LogP contribution >= 0.6 is 0 Å². The minimum atomic E-state index is -2.80. The van der Waals surface area contributed by atoms with Gasteiger partial charge >= 0.3 is 6.43 Å². The quantitative estimate of drug-likeness (QED) is 0.487. The molecule has 0 fully saturated rings. The first-order valence-electron chi connectivity index (χ1n) is 9.83. The topological polar surface area (TPSA) is 85.8 Å². The second kappa shape index (κ2) is 7.95. The SMILES string of the molecule is CN1CCc2ccc(-c3cn(Cc4ccc(-c5nnc(C(F)F)o5)cn4)nn3)cc2C1. The van der Waals surface area contributed by atoms with E-state index in [2.05, 4.69) is 55.6 Å². The van der Waals surface area contributed by atoms with E-state index >= 15 is 0 Å². The standard InChI is InChI=1S/C21H19F2N7O/c1-29-7-6-13-2-3-14(8-16(13)10-29)18-12-30(28-25-18)11-17-5-4-15(9-24-17)20-26-27-21(31-20)19(22)23/h2-5,8-9,12,19H,6-7,10-11H2,1H3. The third-order valence-corrected chi connectivity index (χ3v) is 5.27. The van der Waals surface area contributed by atoms with Crippen molar-refractivity contribution >= 4 is 0 Å². The molecule has 0 amide bonds. The van der Waals surface area contributed by atoms with Gasteiger partial charge in [-0.3, -0.25) is 4.98 Å². The van der Waals surface area contributed by atoms with Crippen molar-refractivity contribution in [3.05, 3.63) is 65.4 Å². The molecule has 0 atom stereocenters. The Hall–Kier alpha value is -3.53. The highest BCUT2D eigenvalue weighted by atomic mass is 19.3. The monoisotopic (exact) mass is 423 g/mol. The van der Waals surface area contributed by atoms with Crippen molar-refractivity contribution in [2.24, 2.45) is 0 Å². The lowest BCUT2D eigenvalue weighted by Gasteiger charge is -2.25. The van der Waals surface area contributed by atoms with Crippen molar-refractivity contribution in [3.63, 3.8) is 0 Å². The van der Waals surface area contributed by atoms with Crippen LogP contribution in [-0.2, 0) is 19.5 Å². The number of halogens is 2. The maximum atomic E-state index is 12.6. The van der Waals surface area contributed by atoms with Crippen LogP contribution in [0, 0.1) is 0 Å². The molecule has 4 heterocycles. The number of nitrogens with zero attached hydrogens (tertiary/aromatic N) is 7. The van der Waals surface area contributed by atoms with Gasteiger partial charge < -0.3 is 9.32 Å². The van der Waals surface area contributed by atoms with E-state index < -0.39 is 12.3 Å². The van der Waals surface area contributed by atoms with Gasteiger partial charge in [-0.05, 0) is 42.8 Å². The summed E-state index contributed by atoms with van der Waals surface area (Å²) in [6.45, 7) is 2.44. The second-order valence-electron chi connectivity index (χ2n) is 7.56. The van der Waals surface area contributed by atoms with Crippen LogP contribution in [-0.4, -0.2) is 48.7 Å². The zero-order valence-electron chi connectivity index (χ0n) is 16.7. The maximum absolute atomic E-state index is 12.6. The Morgan fingerprint density at radius 3 is 2.71 bits per heavy atom. The van der Waals surface area contributed by atoms with E-state index in [0.717, 1.165) is 36.5 Å². The van der Waals surface area contributed by atoms with E-state index in [9.17, 15) is 8.78 Å². The summed E-state index contributed by atoms with van der Waals surface area (Å²) in [6.07, 6.45) is 1.66. The number of alkyl halides is 2. The van der Waals surface area contributed by atoms with E-state index in [1.807, 2.05) is 6.20 Å². The van der Waals surface area contributed by atoms with Crippen molar-refractivity contribution < 1.29 is 13.2 Å². The van der Waals surface area contributed by atoms with Crippen LogP contribution in [0.3, 0.4) is 0 Å². The molecule has 0 spiro atoms. The van der Waals surface area contributed by atoms with Crippen molar-refractivity contribution in [2.75, 3.05) is 13.6 Å². The van der Waals surface area contributed by atoms with Crippen LogP contribution in [0.15, 0.2) is 47.1 Å². The van der Waals surface area contributed by atoms with Crippen LogP contribution in [0.1, 0.15) is 29.1 Å². The van der Waals surface area contributed by atoms with Gasteiger partial charge in [-0.2, -0.15) is 8.78 Å². The molecule has 5 rings (SSSR count). The number of rotatable bonds is 5. The number of hydrogen-bond acceptors (Lipinski definition) is 7. The first-order valence-corrected chi connectivity index (χ1v) is 9.83. The Kier molecular flexibility index (Phi) is 4.99. The van der Waals surface area contributed by atoms with Gasteiger partial charge in [0.25, 0.3) is 5.89 Å². The Morgan fingerprint density at radius 2 is 1.94 bits per heavy atom. The molecule has 0 saturated heterocycles. The van der Waals surface area contributed by atoms with E-state index in [1.54, 1.807) is 16.8 Å². The number of likely N-dealkylation sites (N-methyl/N-ethyl adjacent to an activating group) is 1. The van der Waals surface area contributed by atoms with Gasteiger partial charge in [0.05, 0.1) is 24.0 Å². The molecule has 0 unspecified atom stereocenters. The van der Waals surface area contributed by atoms with Crippen LogP contribution in [0.5, 0.6) is 0 Å². The predicted octanol–water partition coefficient (Wildman–Crippen LogP) is 3.36. The van der Waals surface area contributed by atoms with Crippen molar-refractivity contribution in [2.45, 2.75) is 25.9 Å². The summed E-state index contributed by atoms with van der Waals surface area (Å²) in [4.78, 5) is 6.65. The minimum absolute atomic E-state index is 0.00967. The summed E-state index contributed by atoms with van der Waals surface area (Å²) < 4.78 is 31.9.